The summed E-state index contributed by atoms with van der Waals surface area (Å²) in [5.74, 6) is 0.948. The predicted octanol–water partition coefficient (Wildman–Crippen LogP) is 6.78. The summed E-state index contributed by atoms with van der Waals surface area (Å²) in [5, 5.41) is 0. The van der Waals surface area contributed by atoms with Gasteiger partial charge in [-0.2, -0.15) is 4.31 Å². The van der Waals surface area contributed by atoms with E-state index in [0.29, 0.717) is 42.7 Å². The Morgan fingerprint density at radius 3 is 2.65 bits per heavy atom. The predicted molar refractivity (Wildman–Crippen MR) is 137 cm³/mol. The van der Waals surface area contributed by atoms with Gasteiger partial charge in [0.25, 0.3) is 0 Å². The number of fused-ring (bicyclic) bond motifs is 1. The Bertz CT molecular complexity index is 977. The first-order chi connectivity index (χ1) is 16.1. The summed E-state index contributed by atoms with van der Waals surface area (Å²) in [4.78, 5) is 12.7. The van der Waals surface area contributed by atoms with Gasteiger partial charge in [0.1, 0.15) is 16.7 Å². The third-order valence-electron chi connectivity index (χ3n) is 6.30. The van der Waals surface area contributed by atoms with Crippen LogP contribution in [0.1, 0.15) is 69.6 Å². The van der Waals surface area contributed by atoms with E-state index in [0.717, 1.165) is 29.5 Å². The highest BCUT2D eigenvalue weighted by Crippen LogP contribution is 2.57. The monoisotopic (exact) mass is 489 g/mol. The summed E-state index contributed by atoms with van der Waals surface area (Å²) in [5.41, 5.74) is 3.18. The quantitative estimate of drug-likeness (QED) is 0.378. The van der Waals surface area contributed by atoms with Gasteiger partial charge in [-0.25, -0.2) is 0 Å². The van der Waals surface area contributed by atoms with Crippen molar-refractivity contribution in [1.82, 2.24) is 4.31 Å². The minimum Gasteiger partial charge on any atom is -0.487 e. The van der Waals surface area contributed by atoms with E-state index in [9.17, 15) is 13.9 Å². The normalized spacial score (nSPS) is 19.6. The molecule has 0 spiro atoms. The number of rotatable bonds is 9. The van der Waals surface area contributed by atoms with Crippen molar-refractivity contribution in [3.05, 3.63) is 59.2 Å². The molecule has 1 unspecified atom stereocenters. The summed E-state index contributed by atoms with van der Waals surface area (Å²) in [6.45, 7) is 11.3. The Morgan fingerprint density at radius 1 is 1.21 bits per heavy atom. The van der Waals surface area contributed by atoms with Crippen molar-refractivity contribution in [3.63, 3.8) is 0 Å². The number of esters is 1. The molecule has 0 saturated heterocycles. The zero-order valence-corrected chi connectivity index (χ0v) is 21.8. The average molecular weight is 490 g/mol. The van der Waals surface area contributed by atoms with E-state index < -0.39 is 10.8 Å². The Morgan fingerprint density at radius 2 is 1.94 bits per heavy atom. The largest absolute Gasteiger partial charge is 0.487 e. The second kappa shape index (κ2) is 11.6. The van der Waals surface area contributed by atoms with Crippen LogP contribution in [0.25, 0.3) is 0 Å². The van der Waals surface area contributed by atoms with Crippen LogP contribution >= 0.6 is 10.8 Å². The van der Waals surface area contributed by atoms with Gasteiger partial charge in [-0.1, -0.05) is 50.6 Å². The number of hydrogen-bond donors (Lipinski definition) is 2. The third-order valence-corrected chi connectivity index (χ3v) is 8.22. The van der Waals surface area contributed by atoms with Gasteiger partial charge in [0.15, 0.2) is 0 Å². The van der Waals surface area contributed by atoms with E-state index in [4.69, 9.17) is 9.47 Å². The molecule has 1 aliphatic heterocycles. The highest BCUT2D eigenvalue weighted by atomic mass is 32.3. The minimum absolute atomic E-state index is 0.0632. The molecule has 0 amide bonds. The Labute approximate surface area is 205 Å². The molecule has 0 aliphatic carbocycles. The Hall–Kier alpha value is -2.06. The molecule has 3 rings (SSSR count). The van der Waals surface area contributed by atoms with E-state index in [1.54, 1.807) is 22.5 Å². The van der Waals surface area contributed by atoms with Crippen LogP contribution in [-0.4, -0.2) is 38.6 Å². The van der Waals surface area contributed by atoms with Gasteiger partial charge >= 0.3 is 5.97 Å². The fourth-order valence-electron chi connectivity index (χ4n) is 4.36. The number of carbonyl (C=O) groups excluding carboxylic acids is 1. The molecule has 0 bridgehead atoms. The first kappa shape index (κ1) is 26.5. The summed E-state index contributed by atoms with van der Waals surface area (Å²) in [6, 6.07) is 13.4. The molecule has 6 nitrogen and oxygen atoms in total. The molecule has 1 aliphatic rings. The zero-order valence-electron chi connectivity index (χ0n) is 21.0. The van der Waals surface area contributed by atoms with Crippen molar-refractivity contribution >= 4 is 16.7 Å². The van der Waals surface area contributed by atoms with Crippen molar-refractivity contribution in [2.45, 2.75) is 77.3 Å². The summed E-state index contributed by atoms with van der Waals surface area (Å²) >= 11 is 0. The molecule has 0 fully saturated rings. The van der Waals surface area contributed by atoms with E-state index in [1.165, 1.54) is 0 Å². The molecule has 2 N–H and O–H groups in total. The fourth-order valence-corrected chi connectivity index (χ4v) is 6.02. The van der Waals surface area contributed by atoms with Gasteiger partial charge in [-0.15, -0.1) is 10.8 Å². The van der Waals surface area contributed by atoms with Crippen molar-refractivity contribution in [2.24, 2.45) is 5.92 Å². The highest BCUT2D eigenvalue weighted by Gasteiger charge is 2.34. The molecule has 188 valence electrons. The molecule has 34 heavy (non-hydrogen) atoms. The molecule has 0 saturated carbocycles. The van der Waals surface area contributed by atoms with E-state index in [2.05, 4.69) is 32.0 Å². The zero-order chi connectivity index (χ0) is 24.9. The lowest BCUT2D eigenvalue weighted by atomic mass is 9.87. The maximum Gasteiger partial charge on any atom is 0.306 e. The summed E-state index contributed by atoms with van der Waals surface area (Å²) < 4.78 is 35.5. The van der Waals surface area contributed by atoms with E-state index in [1.807, 2.05) is 26.8 Å². The van der Waals surface area contributed by atoms with Gasteiger partial charge < -0.3 is 9.47 Å². The lowest BCUT2D eigenvalue weighted by molar-refractivity contribution is -0.143. The lowest BCUT2D eigenvalue weighted by Crippen LogP contribution is -2.33. The summed E-state index contributed by atoms with van der Waals surface area (Å²) in [7, 11) is -3.21. The maximum atomic E-state index is 12.3. The standard InChI is InChI=1S/C27H39NO5S/c1-6-32-27(29)16-23(13-11-19(2)3)22-14-12-20(4)24(15-22)18-28-17-21(5)33-25-9-7-8-10-26(25)34(28,30)31/h7-10,12,14-15,19,21,23,30-31H,6,11,13,16-18H2,1-5H3/t21-,23?/m1/s1. The van der Waals surface area contributed by atoms with Gasteiger partial charge in [0, 0.05) is 6.54 Å². The number of benzene rings is 2. The molecule has 0 aromatic heterocycles. The van der Waals surface area contributed by atoms with Crippen LogP contribution in [-0.2, 0) is 16.1 Å². The smallest absolute Gasteiger partial charge is 0.306 e. The number of nitrogens with zero attached hydrogens (tertiary/aromatic N) is 1. The van der Waals surface area contributed by atoms with Crippen molar-refractivity contribution in [3.8, 4) is 5.75 Å². The molecule has 2 aromatic carbocycles. The average Bonchev–Trinajstić information content (AvgIpc) is 2.86. The number of carbonyl (C=O) groups is 1. The van der Waals surface area contributed by atoms with Crippen LogP contribution < -0.4 is 4.74 Å². The first-order valence-electron chi connectivity index (χ1n) is 12.2. The van der Waals surface area contributed by atoms with Crippen LogP contribution in [0.5, 0.6) is 5.75 Å². The summed E-state index contributed by atoms with van der Waals surface area (Å²) in [6.07, 6.45) is 2.07. The molecule has 2 aromatic rings. The topological polar surface area (TPSA) is 79.2 Å². The molecule has 7 heteroatoms. The minimum atomic E-state index is -3.21. The van der Waals surface area contributed by atoms with Crippen molar-refractivity contribution in [1.29, 1.82) is 0 Å². The van der Waals surface area contributed by atoms with Crippen LogP contribution in [0, 0.1) is 12.8 Å². The third kappa shape index (κ3) is 6.54. The molecular weight excluding hydrogens is 450 g/mol. The Kier molecular flexibility index (Phi) is 9.04. The number of hydrogen-bond acceptors (Lipinski definition) is 6. The first-order valence-corrected chi connectivity index (χ1v) is 13.7. The van der Waals surface area contributed by atoms with Crippen molar-refractivity contribution < 1.29 is 23.4 Å². The number of para-hydroxylation sites is 1. The van der Waals surface area contributed by atoms with Crippen LogP contribution in [0.3, 0.4) is 0 Å². The van der Waals surface area contributed by atoms with Gasteiger partial charge in [-0.05, 0) is 67.9 Å². The van der Waals surface area contributed by atoms with Gasteiger partial charge in [0.05, 0.1) is 19.6 Å². The van der Waals surface area contributed by atoms with Gasteiger partial charge in [0.2, 0.25) is 0 Å². The SMILES string of the molecule is CCOC(=O)CC(CCC(C)C)c1ccc(C)c(CN2C[C@@H](C)Oc3ccccc3S2(O)O)c1. The van der Waals surface area contributed by atoms with E-state index >= 15 is 0 Å². The van der Waals surface area contributed by atoms with E-state index in [-0.39, 0.29) is 18.0 Å². The molecule has 0 radical (unpaired) electrons. The Balaban J connectivity index is 1.90. The highest BCUT2D eigenvalue weighted by molar-refractivity contribution is 8.22. The second-order valence-electron chi connectivity index (χ2n) is 9.58. The van der Waals surface area contributed by atoms with Gasteiger partial charge in [-0.3, -0.25) is 13.9 Å². The molecular formula is C27H39NO5S. The second-order valence-corrected chi connectivity index (χ2v) is 11.6. The maximum absolute atomic E-state index is 12.3. The molecule has 1 heterocycles. The van der Waals surface area contributed by atoms with Crippen molar-refractivity contribution in [2.75, 3.05) is 13.2 Å². The molecule has 2 atom stereocenters. The number of ether oxygens (including phenoxy) is 2. The van der Waals surface area contributed by atoms with Crippen LogP contribution in [0.2, 0.25) is 0 Å². The fraction of sp³-hybridized carbons (Fsp3) is 0.519. The number of aryl methyl sites for hydroxylation is 1. The lowest BCUT2D eigenvalue weighted by Gasteiger charge is -2.42. The van der Waals surface area contributed by atoms with Crippen LogP contribution in [0.15, 0.2) is 47.4 Å². The van der Waals surface area contributed by atoms with Crippen LogP contribution in [0.4, 0.5) is 0 Å².